The van der Waals surface area contributed by atoms with E-state index in [2.05, 4.69) is 4.74 Å². The van der Waals surface area contributed by atoms with Gasteiger partial charge in [-0.15, -0.1) is 0 Å². The van der Waals surface area contributed by atoms with Gasteiger partial charge in [-0.3, -0.25) is 14.8 Å². The van der Waals surface area contributed by atoms with Crippen molar-refractivity contribution in [3.05, 3.63) is 0 Å². The number of aliphatic hydroxyl groups is 1. The first-order valence-electron chi connectivity index (χ1n) is 4.55. The van der Waals surface area contributed by atoms with Crippen LogP contribution in [0, 0.1) is 5.92 Å². The first-order valence-corrected chi connectivity index (χ1v) is 4.55. The largest absolute Gasteiger partial charge is 0.469 e. The number of rotatable bonds is 4. The Morgan fingerprint density at radius 3 is 2.93 bits per heavy atom. The van der Waals surface area contributed by atoms with Crippen LogP contribution in [0.2, 0.25) is 0 Å². The second-order valence-corrected chi connectivity index (χ2v) is 3.24. The Morgan fingerprint density at radius 1 is 1.73 bits per heavy atom. The fraction of sp³-hybridized carbons (Fsp3) is 0.750. The number of hydrogen-bond acceptors (Lipinski definition) is 6. The summed E-state index contributed by atoms with van der Waals surface area (Å²) in [5, 5.41) is 19.2. The summed E-state index contributed by atoms with van der Waals surface area (Å²) in [6.45, 7) is -0.367. The van der Waals surface area contributed by atoms with Crippen LogP contribution in [0.15, 0.2) is 0 Å². The van der Waals surface area contributed by atoms with Crippen LogP contribution in [-0.2, 0) is 14.3 Å². The van der Waals surface area contributed by atoms with Gasteiger partial charge in [-0.2, -0.15) is 0 Å². The molecule has 0 saturated carbocycles. The Balaban J connectivity index is 2.52. The number of ether oxygens (including phenoxy) is 1. The number of carbonyl (C=O) groups excluding carboxylic acids is 2. The third-order valence-electron chi connectivity index (χ3n) is 2.34. The zero-order valence-electron chi connectivity index (χ0n) is 8.42. The molecule has 1 fully saturated rings. The molecule has 15 heavy (non-hydrogen) atoms. The van der Waals surface area contributed by atoms with Gasteiger partial charge in [-0.25, -0.2) is 5.01 Å². The van der Waals surface area contributed by atoms with Crippen molar-refractivity contribution >= 4 is 11.9 Å². The summed E-state index contributed by atoms with van der Waals surface area (Å²) in [6, 6.07) is 0. The van der Waals surface area contributed by atoms with Gasteiger partial charge in [0, 0.05) is 6.54 Å². The number of hydrogen-bond donors (Lipinski definition) is 2. The molecule has 1 rings (SSSR count). The van der Waals surface area contributed by atoms with Crippen LogP contribution in [0.25, 0.3) is 0 Å². The minimum absolute atomic E-state index is 0.00506. The Hall–Kier alpha value is -1.18. The summed E-state index contributed by atoms with van der Waals surface area (Å²) >= 11 is 0. The lowest BCUT2D eigenvalue weighted by Gasteiger charge is -2.23. The molecule has 0 radical (unpaired) electrons. The molecule has 0 bridgehead atoms. The van der Waals surface area contributed by atoms with E-state index < -0.39 is 18.6 Å². The summed E-state index contributed by atoms with van der Waals surface area (Å²) in [5.41, 5.74) is 0. The summed E-state index contributed by atoms with van der Waals surface area (Å²) in [4.78, 5) is 22.5. The molecule has 0 aromatic heterocycles. The van der Waals surface area contributed by atoms with E-state index >= 15 is 0 Å². The number of hydroxylamine groups is 1. The minimum Gasteiger partial charge on any atom is -0.469 e. The van der Waals surface area contributed by atoms with Gasteiger partial charge in [0.05, 0.1) is 19.4 Å². The third-order valence-corrected chi connectivity index (χ3v) is 2.34. The average molecular weight is 218 g/mol. The maximum Gasteiger partial charge on any atom is 0.306 e. The van der Waals surface area contributed by atoms with Crippen LogP contribution in [0.4, 0.5) is 0 Å². The molecular formula is C8H14N2O5. The molecular weight excluding hydrogens is 204 g/mol. The van der Waals surface area contributed by atoms with Gasteiger partial charge >= 0.3 is 5.97 Å². The number of methoxy groups -OCH3 is 1. The Labute approximate surface area is 86.8 Å². The van der Waals surface area contributed by atoms with Crippen molar-refractivity contribution in [2.24, 2.45) is 5.92 Å². The summed E-state index contributed by atoms with van der Waals surface area (Å²) in [6.07, 6.45) is 0.468. The van der Waals surface area contributed by atoms with E-state index in [4.69, 9.17) is 10.3 Å². The van der Waals surface area contributed by atoms with Gasteiger partial charge in [0.2, 0.25) is 5.91 Å². The van der Waals surface area contributed by atoms with E-state index in [-0.39, 0.29) is 18.9 Å². The average Bonchev–Trinajstić information content (AvgIpc) is 2.59. The van der Waals surface area contributed by atoms with E-state index in [1.54, 1.807) is 0 Å². The zero-order chi connectivity index (χ0) is 11.4. The quantitative estimate of drug-likeness (QED) is 0.355. The molecule has 0 aromatic rings. The van der Waals surface area contributed by atoms with Crippen molar-refractivity contribution in [1.82, 2.24) is 10.2 Å². The second kappa shape index (κ2) is 5.06. The number of amides is 1. The van der Waals surface area contributed by atoms with Crippen molar-refractivity contribution < 1.29 is 24.6 Å². The number of esters is 1. The topological polar surface area (TPSA) is 90.3 Å². The lowest BCUT2D eigenvalue weighted by Crippen LogP contribution is -2.42. The fourth-order valence-electron chi connectivity index (χ4n) is 1.50. The van der Waals surface area contributed by atoms with Crippen LogP contribution in [0.3, 0.4) is 0 Å². The Kier molecular flexibility index (Phi) is 4.01. The first-order chi connectivity index (χ1) is 7.10. The molecule has 1 aliphatic rings. The minimum atomic E-state index is -0.656. The van der Waals surface area contributed by atoms with Crippen molar-refractivity contribution in [3.63, 3.8) is 0 Å². The lowest BCUT2D eigenvalue weighted by atomic mass is 10.0. The van der Waals surface area contributed by atoms with Crippen LogP contribution < -0.4 is 0 Å². The van der Waals surface area contributed by atoms with E-state index in [0.717, 1.165) is 5.01 Å². The van der Waals surface area contributed by atoms with Crippen LogP contribution in [0.5, 0.6) is 0 Å². The number of hydrazine groups is 1. The van der Waals surface area contributed by atoms with E-state index in [1.807, 2.05) is 0 Å². The van der Waals surface area contributed by atoms with E-state index in [0.29, 0.717) is 11.6 Å². The molecule has 0 aromatic carbocycles. The van der Waals surface area contributed by atoms with Gasteiger partial charge in [-0.05, 0) is 6.42 Å². The predicted octanol–water partition coefficient (Wildman–Crippen LogP) is -1.05. The first kappa shape index (κ1) is 11.9. The summed E-state index contributed by atoms with van der Waals surface area (Å²) in [7, 11) is 1.26. The number of carbonyl (C=O) groups is 2. The molecule has 1 heterocycles. The molecule has 1 unspecified atom stereocenters. The molecule has 1 amide bonds. The molecule has 7 heteroatoms. The fourth-order valence-corrected chi connectivity index (χ4v) is 1.50. The van der Waals surface area contributed by atoms with Gasteiger partial charge in [0.25, 0.3) is 0 Å². The van der Waals surface area contributed by atoms with Gasteiger partial charge in [0.1, 0.15) is 6.73 Å². The Bertz CT molecular complexity index is 257. The highest BCUT2D eigenvalue weighted by molar-refractivity contribution is 5.84. The standard InChI is InChI=1S/C8H14N2O5/c1-15-7(12)4-6-2-3-9(8(6)13)10(14)5-11/h6,11,14H,2-5H2,1H3. The molecule has 1 atom stereocenters. The molecule has 0 aliphatic carbocycles. The van der Waals surface area contributed by atoms with E-state index in [9.17, 15) is 9.59 Å². The van der Waals surface area contributed by atoms with Gasteiger partial charge < -0.3 is 9.84 Å². The number of nitrogens with zero attached hydrogens (tertiary/aromatic N) is 2. The number of aliphatic hydroxyl groups excluding tert-OH is 1. The lowest BCUT2D eigenvalue weighted by molar-refractivity contribution is -0.263. The Morgan fingerprint density at radius 2 is 2.40 bits per heavy atom. The van der Waals surface area contributed by atoms with Crippen LogP contribution >= 0.6 is 0 Å². The van der Waals surface area contributed by atoms with Crippen molar-refractivity contribution in [2.75, 3.05) is 20.4 Å². The second-order valence-electron chi connectivity index (χ2n) is 3.24. The SMILES string of the molecule is COC(=O)CC1CCN(N(O)CO)C1=O. The monoisotopic (exact) mass is 218 g/mol. The van der Waals surface area contributed by atoms with Gasteiger partial charge in [-0.1, -0.05) is 5.17 Å². The molecule has 0 spiro atoms. The zero-order valence-corrected chi connectivity index (χ0v) is 8.42. The van der Waals surface area contributed by atoms with E-state index in [1.165, 1.54) is 7.11 Å². The normalized spacial score (nSPS) is 21.2. The van der Waals surface area contributed by atoms with Crippen molar-refractivity contribution in [3.8, 4) is 0 Å². The third kappa shape index (κ3) is 2.65. The maximum atomic E-state index is 11.6. The van der Waals surface area contributed by atoms with Gasteiger partial charge in [0.15, 0.2) is 0 Å². The maximum absolute atomic E-state index is 11.6. The highest BCUT2D eigenvalue weighted by Crippen LogP contribution is 2.22. The van der Waals surface area contributed by atoms with Crippen LogP contribution in [-0.4, -0.2) is 52.8 Å². The van der Waals surface area contributed by atoms with Crippen molar-refractivity contribution in [2.45, 2.75) is 12.8 Å². The highest BCUT2D eigenvalue weighted by atomic mass is 16.6. The molecule has 7 nitrogen and oxygen atoms in total. The molecule has 1 aliphatic heterocycles. The summed E-state index contributed by atoms with van der Waals surface area (Å²) in [5.74, 6) is -1.31. The smallest absolute Gasteiger partial charge is 0.306 e. The summed E-state index contributed by atoms with van der Waals surface area (Å²) < 4.78 is 4.45. The predicted molar refractivity (Wildman–Crippen MR) is 47.2 cm³/mol. The molecule has 86 valence electrons. The van der Waals surface area contributed by atoms with Crippen LogP contribution in [0.1, 0.15) is 12.8 Å². The molecule has 2 N–H and O–H groups in total. The van der Waals surface area contributed by atoms with Crippen molar-refractivity contribution in [1.29, 1.82) is 0 Å². The molecule has 1 saturated heterocycles. The highest BCUT2D eigenvalue weighted by Gasteiger charge is 2.36.